The van der Waals surface area contributed by atoms with Crippen LogP contribution < -0.4 is 5.32 Å². The predicted octanol–water partition coefficient (Wildman–Crippen LogP) is 0.478. The SMILES string of the molecule is CN1CCN(S(=O)(=O)c2ccc(CNC(=O)CCl)cc2)CC1. The van der Waals surface area contributed by atoms with Crippen molar-refractivity contribution < 1.29 is 13.2 Å². The Morgan fingerprint density at radius 1 is 1.18 bits per heavy atom. The highest BCUT2D eigenvalue weighted by atomic mass is 35.5. The summed E-state index contributed by atoms with van der Waals surface area (Å²) in [5.41, 5.74) is 0.829. The molecule has 8 heteroatoms. The van der Waals surface area contributed by atoms with Crippen molar-refractivity contribution in [2.75, 3.05) is 39.1 Å². The number of benzene rings is 1. The van der Waals surface area contributed by atoms with Crippen LogP contribution in [0.2, 0.25) is 0 Å². The van der Waals surface area contributed by atoms with Crippen LogP contribution in [-0.2, 0) is 21.4 Å². The minimum absolute atomic E-state index is 0.0874. The summed E-state index contributed by atoms with van der Waals surface area (Å²) in [6, 6.07) is 6.57. The molecule has 1 N–H and O–H groups in total. The Morgan fingerprint density at radius 2 is 1.77 bits per heavy atom. The van der Waals surface area contributed by atoms with Crippen LogP contribution in [0.3, 0.4) is 0 Å². The predicted molar refractivity (Wildman–Crippen MR) is 85.3 cm³/mol. The first-order valence-corrected chi connectivity index (χ1v) is 9.01. The topological polar surface area (TPSA) is 69.7 Å². The maximum absolute atomic E-state index is 12.5. The van der Waals surface area contributed by atoms with E-state index in [1.165, 1.54) is 4.31 Å². The van der Waals surface area contributed by atoms with Gasteiger partial charge in [0.2, 0.25) is 15.9 Å². The Labute approximate surface area is 136 Å². The van der Waals surface area contributed by atoms with Crippen LogP contribution in [-0.4, -0.2) is 62.6 Å². The summed E-state index contributed by atoms with van der Waals surface area (Å²) in [6.07, 6.45) is 0. The first kappa shape index (κ1) is 17.2. The smallest absolute Gasteiger partial charge is 0.243 e. The van der Waals surface area contributed by atoms with Crippen molar-refractivity contribution in [1.82, 2.24) is 14.5 Å². The molecule has 22 heavy (non-hydrogen) atoms. The molecule has 0 atom stereocenters. The van der Waals surface area contributed by atoms with E-state index in [-0.39, 0.29) is 16.7 Å². The molecule has 0 spiro atoms. The van der Waals surface area contributed by atoms with Crippen LogP contribution >= 0.6 is 11.6 Å². The van der Waals surface area contributed by atoms with Crippen LogP contribution in [0.1, 0.15) is 5.56 Å². The van der Waals surface area contributed by atoms with Gasteiger partial charge in [0.15, 0.2) is 0 Å². The highest BCUT2D eigenvalue weighted by Crippen LogP contribution is 2.18. The minimum atomic E-state index is -3.44. The van der Waals surface area contributed by atoms with E-state index in [2.05, 4.69) is 10.2 Å². The number of sulfonamides is 1. The summed E-state index contributed by atoms with van der Waals surface area (Å²) >= 11 is 5.40. The number of likely N-dealkylation sites (N-methyl/N-ethyl adjacent to an activating group) is 1. The molecule has 1 aromatic carbocycles. The fourth-order valence-corrected chi connectivity index (χ4v) is 3.72. The zero-order valence-electron chi connectivity index (χ0n) is 12.5. The number of hydrogen-bond donors (Lipinski definition) is 1. The largest absolute Gasteiger partial charge is 0.351 e. The van der Waals surface area contributed by atoms with Crippen LogP contribution in [0.25, 0.3) is 0 Å². The standard InChI is InChI=1S/C14H20ClN3O3S/c1-17-6-8-18(9-7-17)22(20,21)13-4-2-12(3-5-13)11-16-14(19)10-15/h2-5H,6-11H2,1H3,(H,16,19). The normalized spacial score (nSPS) is 17.4. The molecule has 2 rings (SSSR count). The number of halogens is 1. The maximum atomic E-state index is 12.5. The molecule has 6 nitrogen and oxygen atoms in total. The fourth-order valence-electron chi connectivity index (χ4n) is 2.20. The second-order valence-corrected chi connectivity index (χ2v) is 7.47. The lowest BCUT2D eigenvalue weighted by molar-refractivity contribution is -0.118. The van der Waals surface area contributed by atoms with E-state index < -0.39 is 10.0 Å². The van der Waals surface area contributed by atoms with Gasteiger partial charge in [-0.25, -0.2) is 8.42 Å². The molecular weight excluding hydrogens is 326 g/mol. The van der Waals surface area contributed by atoms with Crippen LogP contribution in [0.15, 0.2) is 29.2 Å². The number of nitrogens with zero attached hydrogens (tertiary/aromatic N) is 2. The van der Waals surface area contributed by atoms with Gasteiger partial charge < -0.3 is 10.2 Å². The molecule has 122 valence electrons. The molecule has 0 radical (unpaired) electrons. The average molecular weight is 346 g/mol. The third kappa shape index (κ3) is 4.19. The molecule has 1 aromatic rings. The lowest BCUT2D eigenvalue weighted by Crippen LogP contribution is -2.47. The minimum Gasteiger partial charge on any atom is -0.351 e. The Morgan fingerprint density at radius 3 is 2.32 bits per heavy atom. The maximum Gasteiger partial charge on any atom is 0.243 e. The van der Waals surface area contributed by atoms with Crippen molar-refractivity contribution in [2.45, 2.75) is 11.4 Å². The number of alkyl halides is 1. The summed E-state index contributed by atoms with van der Waals surface area (Å²) in [4.78, 5) is 13.5. The van der Waals surface area contributed by atoms with E-state index in [1.807, 2.05) is 7.05 Å². The van der Waals surface area contributed by atoms with Crippen molar-refractivity contribution in [1.29, 1.82) is 0 Å². The second kappa shape index (κ2) is 7.41. The number of carbonyl (C=O) groups excluding carboxylic acids is 1. The van der Waals surface area contributed by atoms with E-state index in [0.29, 0.717) is 19.6 Å². The van der Waals surface area contributed by atoms with Gasteiger partial charge in [0.25, 0.3) is 0 Å². The first-order chi connectivity index (χ1) is 10.4. The second-order valence-electron chi connectivity index (χ2n) is 5.26. The van der Waals surface area contributed by atoms with Gasteiger partial charge in [-0.3, -0.25) is 4.79 Å². The monoisotopic (exact) mass is 345 g/mol. The molecule has 0 saturated carbocycles. The van der Waals surface area contributed by atoms with Gasteiger partial charge in [-0.1, -0.05) is 12.1 Å². The van der Waals surface area contributed by atoms with Crippen molar-refractivity contribution in [3.05, 3.63) is 29.8 Å². The van der Waals surface area contributed by atoms with E-state index in [9.17, 15) is 13.2 Å². The zero-order chi connectivity index (χ0) is 16.2. The molecule has 1 aliphatic rings. The quantitative estimate of drug-likeness (QED) is 0.788. The molecule has 0 unspecified atom stereocenters. The number of hydrogen-bond acceptors (Lipinski definition) is 4. The number of rotatable bonds is 5. The number of piperazine rings is 1. The van der Waals surface area contributed by atoms with Crippen LogP contribution in [0.4, 0.5) is 0 Å². The van der Waals surface area contributed by atoms with Gasteiger partial charge >= 0.3 is 0 Å². The van der Waals surface area contributed by atoms with Gasteiger partial charge in [0.05, 0.1) is 4.90 Å². The lowest BCUT2D eigenvalue weighted by Gasteiger charge is -2.31. The molecule has 1 aliphatic heterocycles. The van der Waals surface area contributed by atoms with E-state index in [1.54, 1.807) is 24.3 Å². The highest BCUT2D eigenvalue weighted by molar-refractivity contribution is 7.89. The van der Waals surface area contributed by atoms with Gasteiger partial charge in [0, 0.05) is 32.7 Å². The number of amides is 1. The number of nitrogens with one attached hydrogen (secondary N) is 1. The zero-order valence-corrected chi connectivity index (χ0v) is 14.0. The Balaban J connectivity index is 2.04. The Kier molecular flexibility index (Phi) is 5.80. The molecular formula is C14H20ClN3O3S. The molecule has 0 bridgehead atoms. The van der Waals surface area contributed by atoms with E-state index in [0.717, 1.165) is 18.7 Å². The lowest BCUT2D eigenvalue weighted by atomic mass is 10.2. The van der Waals surface area contributed by atoms with Crippen LogP contribution in [0, 0.1) is 0 Å². The van der Waals surface area contributed by atoms with Gasteiger partial charge in [-0.05, 0) is 24.7 Å². The van der Waals surface area contributed by atoms with E-state index in [4.69, 9.17) is 11.6 Å². The molecule has 0 aliphatic carbocycles. The number of carbonyl (C=O) groups is 1. The van der Waals surface area contributed by atoms with Gasteiger partial charge in [0.1, 0.15) is 5.88 Å². The van der Waals surface area contributed by atoms with Crippen molar-refractivity contribution in [2.24, 2.45) is 0 Å². The summed E-state index contributed by atoms with van der Waals surface area (Å²) in [6.45, 7) is 2.82. The third-order valence-corrected chi connectivity index (χ3v) is 5.79. The summed E-state index contributed by atoms with van der Waals surface area (Å²) in [5.74, 6) is -0.341. The summed E-state index contributed by atoms with van der Waals surface area (Å²) < 4.78 is 26.6. The average Bonchev–Trinajstić information content (AvgIpc) is 2.53. The van der Waals surface area contributed by atoms with Crippen LogP contribution in [0.5, 0.6) is 0 Å². The Bertz CT molecular complexity index is 611. The molecule has 1 heterocycles. The summed E-state index contributed by atoms with van der Waals surface area (Å²) in [7, 11) is -1.46. The summed E-state index contributed by atoms with van der Waals surface area (Å²) in [5, 5.41) is 2.64. The first-order valence-electron chi connectivity index (χ1n) is 7.04. The fraction of sp³-hybridized carbons (Fsp3) is 0.500. The van der Waals surface area contributed by atoms with Gasteiger partial charge in [-0.15, -0.1) is 11.6 Å². The highest BCUT2D eigenvalue weighted by Gasteiger charge is 2.27. The molecule has 1 saturated heterocycles. The van der Waals surface area contributed by atoms with Crippen molar-refractivity contribution in [3.8, 4) is 0 Å². The van der Waals surface area contributed by atoms with Crippen molar-refractivity contribution >= 4 is 27.5 Å². The molecule has 1 amide bonds. The van der Waals surface area contributed by atoms with E-state index >= 15 is 0 Å². The Hall–Kier alpha value is -1.15. The third-order valence-electron chi connectivity index (χ3n) is 3.63. The van der Waals surface area contributed by atoms with Gasteiger partial charge in [-0.2, -0.15) is 4.31 Å². The molecule has 0 aromatic heterocycles. The van der Waals surface area contributed by atoms with Crippen molar-refractivity contribution in [3.63, 3.8) is 0 Å². The molecule has 1 fully saturated rings.